The van der Waals surface area contributed by atoms with Crippen molar-refractivity contribution >= 4 is 8.32 Å². The van der Waals surface area contributed by atoms with Crippen LogP contribution in [0.4, 0.5) is 0 Å². The summed E-state index contributed by atoms with van der Waals surface area (Å²) in [6.45, 7) is 11.4. The van der Waals surface area contributed by atoms with Gasteiger partial charge in [-0.15, -0.1) is 0 Å². The molecular formula is C17H38OSi. The summed E-state index contributed by atoms with van der Waals surface area (Å²) in [6.07, 6.45) is 15.9. The van der Waals surface area contributed by atoms with Crippen molar-refractivity contribution in [3.05, 3.63) is 0 Å². The maximum Gasteiger partial charge on any atom is 0.184 e. The van der Waals surface area contributed by atoms with Gasteiger partial charge in [0.1, 0.15) is 0 Å². The second kappa shape index (κ2) is 12.0. The fourth-order valence-electron chi connectivity index (χ4n) is 2.58. The molecule has 0 radical (unpaired) electrons. The van der Waals surface area contributed by atoms with Gasteiger partial charge in [0.2, 0.25) is 0 Å². The first-order chi connectivity index (χ1) is 8.95. The molecule has 0 saturated carbocycles. The van der Waals surface area contributed by atoms with Crippen LogP contribution in [0.2, 0.25) is 19.6 Å². The first kappa shape index (κ1) is 19.2. The van der Waals surface area contributed by atoms with Gasteiger partial charge in [-0.2, -0.15) is 0 Å². The SMILES string of the molecule is CCCCCCCCCCCCC(C)O[Si](C)(C)C. The van der Waals surface area contributed by atoms with E-state index in [1.807, 2.05) is 0 Å². The molecule has 19 heavy (non-hydrogen) atoms. The second-order valence-corrected chi connectivity index (χ2v) is 11.5. The molecule has 0 aliphatic heterocycles. The molecule has 1 nitrogen and oxygen atoms in total. The Hall–Kier alpha value is 0.177. The molecule has 0 fully saturated rings. The summed E-state index contributed by atoms with van der Waals surface area (Å²) in [6, 6.07) is 0. The topological polar surface area (TPSA) is 9.23 Å². The van der Waals surface area contributed by atoms with Crippen molar-refractivity contribution in [1.29, 1.82) is 0 Å². The molecule has 0 bridgehead atoms. The standard InChI is InChI=1S/C17H38OSi/c1-6-7-8-9-10-11-12-13-14-15-16-17(2)18-19(3,4)5/h17H,6-16H2,1-5H3. The van der Waals surface area contributed by atoms with E-state index in [0.717, 1.165) is 0 Å². The van der Waals surface area contributed by atoms with E-state index < -0.39 is 8.32 Å². The average Bonchev–Trinajstić information content (AvgIpc) is 2.29. The summed E-state index contributed by atoms with van der Waals surface area (Å²) in [4.78, 5) is 0. The first-order valence-corrected chi connectivity index (χ1v) is 12.0. The van der Waals surface area contributed by atoms with Gasteiger partial charge >= 0.3 is 0 Å². The lowest BCUT2D eigenvalue weighted by Gasteiger charge is -2.23. The van der Waals surface area contributed by atoms with E-state index in [1.165, 1.54) is 70.6 Å². The van der Waals surface area contributed by atoms with Crippen molar-refractivity contribution in [2.45, 2.75) is 110 Å². The van der Waals surface area contributed by atoms with E-state index in [4.69, 9.17) is 4.43 Å². The molecule has 0 aromatic rings. The van der Waals surface area contributed by atoms with Crippen molar-refractivity contribution in [1.82, 2.24) is 0 Å². The summed E-state index contributed by atoms with van der Waals surface area (Å²) < 4.78 is 6.06. The Morgan fingerprint density at radius 2 is 1.16 bits per heavy atom. The van der Waals surface area contributed by atoms with Crippen LogP contribution in [-0.2, 0) is 4.43 Å². The molecule has 0 aromatic carbocycles. The number of rotatable bonds is 13. The highest BCUT2D eigenvalue weighted by Gasteiger charge is 2.17. The van der Waals surface area contributed by atoms with Gasteiger partial charge in [0.25, 0.3) is 0 Å². The first-order valence-electron chi connectivity index (χ1n) is 8.63. The zero-order valence-corrected chi connectivity index (χ0v) is 15.3. The summed E-state index contributed by atoms with van der Waals surface area (Å²) in [5, 5.41) is 0. The molecule has 2 heteroatoms. The Bertz CT molecular complexity index is 186. The Morgan fingerprint density at radius 3 is 1.58 bits per heavy atom. The Balaban J connectivity index is 3.18. The quantitative estimate of drug-likeness (QED) is 0.276. The molecule has 0 aromatic heterocycles. The Morgan fingerprint density at radius 1 is 0.737 bits per heavy atom. The predicted molar refractivity (Wildman–Crippen MR) is 90.4 cm³/mol. The second-order valence-electron chi connectivity index (χ2n) is 7.01. The fraction of sp³-hybridized carbons (Fsp3) is 1.00. The summed E-state index contributed by atoms with van der Waals surface area (Å²) in [5.41, 5.74) is 0. The number of hydrogen-bond donors (Lipinski definition) is 0. The van der Waals surface area contributed by atoms with E-state index in [0.29, 0.717) is 6.10 Å². The van der Waals surface area contributed by atoms with Crippen LogP contribution in [0.25, 0.3) is 0 Å². The van der Waals surface area contributed by atoms with Crippen molar-refractivity contribution in [2.24, 2.45) is 0 Å². The Labute approximate surface area is 123 Å². The van der Waals surface area contributed by atoms with Gasteiger partial charge in [-0.1, -0.05) is 71.1 Å². The molecule has 0 N–H and O–H groups in total. The molecule has 0 heterocycles. The maximum absolute atomic E-state index is 6.06. The highest BCUT2D eigenvalue weighted by atomic mass is 28.4. The van der Waals surface area contributed by atoms with Crippen LogP contribution in [0, 0.1) is 0 Å². The molecular weight excluding hydrogens is 248 g/mol. The third kappa shape index (κ3) is 16.1. The molecule has 0 amide bonds. The average molecular weight is 287 g/mol. The lowest BCUT2D eigenvalue weighted by atomic mass is 10.1. The van der Waals surface area contributed by atoms with Crippen LogP contribution in [0.1, 0.15) is 84.5 Å². The van der Waals surface area contributed by atoms with Crippen LogP contribution < -0.4 is 0 Å². The highest BCUT2D eigenvalue weighted by molar-refractivity contribution is 6.69. The third-order valence-electron chi connectivity index (χ3n) is 3.52. The van der Waals surface area contributed by atoms with Gasteiger partial charge in [-0.25, -0.2) is 0 Å². The summed E-state index contributed by atoms with van der Waals surface area (Å²) >= 11 is 0. The molecule has 0 saturated heterocycles. The van der Waals surface area contributed by atoms with Gasteiger partial charge in [0, 0.05) is 6.10 Å². The number of hydrogen-bond acceptors (Lipinski definition) is 1. The summed E-state index contributed by atoms with van der Waals surface area (Å²) in [7, 11) is -1.32. The van der Waals surface area contributed by atoms with Gasteiger partial charge in [0.15, 0.2) is 8.32 Å². The van der Waals surface area contributed by atoms with Crippen molar-refractivity contribution in [3.63, 3.8) is 0 Å². The molecule has 116 valence electrons. The third-order valence-corrected chi connectivity index (χ3v) is 4.63. The van der Waals surface area contributed by atoms with E-state index >= 15 is 0 Å². The van der Waals surface area contributed by atoms with Crippen LogP contribution in [0.15, 0.2) is 0 Å². The van der Waals surface area contributed by atoms with E-state index in [-0.39, 0.29) is 0 Å². The maximum atomic E-state index is 6.06. The van der Waals surface area contributed by atoms with Crippen molar-refractivity contribution in [3.8, 4) is 0 Å². The van der Waals surface area contributed by atoms with E-state index in [1.54, 1.807) is 0 Å². The van der Waals surface area contributed by atoms with Gasteiger partial charge < -0.3 is 4.43 Å². The lowest BCUT2D eigenvalue weighted by Crippen LogP contribution is -2.30. The van der Waals surface area contributed by atoms with Gasteiger partial charge in [0.05, 0.1) is 0 Å². The van der Waals surface area contributed by atoms with Crippen molar-refractivity contribution < 1.29 is 4.43 Å². The van der Waals surface area contributed by atoms with Crippen molar-refractivity contribution in [2.75, 3.05) is 0 Å². The van der Waals surface area contributed by atoms with Crippen LogP contribution in [0.3, 0.4) is 0 Å². The largest absolute Gasteiger partial charge is 0.415 e. The smallest absolute Gasteiger partial charge is 0.184 e. The lowest BCUT2D eigenvalue weighted by molar-refractivity contribution is 0.199. The van der Waals surface area contributed by atoms with Gasteiger partial charge in [-0.05, 0) is 33.0 Å². The molecule has 0 aliphatic carbocycles. The zero-order chi connectivity index (χ0) is 14.6. The van der Waals surface area contributed by atoms with Crippen LogP contribution in [0.5, 0.6) is 0 Å². The Kier molecular flexibility index (Phi) is 12.1. The molecule has 1 atom stereocenters. The number of unbranched alkanes of at least 4 members (excludes halogenated alkanes) is 9. The van der Waals surface area contributed by atoms with Gasteiger partial charge in [-0.3, -0.25) is 0 Å². The molecule has 0 rings (SSSR count). The highest BCUT2D eigenvalue weighted by Crippen LogP contribution is 2.15. The minimum Gasteiger partial charge on any atom is -0.415 e. The minimum atomic E-state index is -1.32. The van der Waals surface area contributed by atoms with Crippen LogP contribution >= 0.6 is 0 Å². The summed E-state index contributed by atoms with van der Waals surface area (Å²) in [5.74, 6) is 0. The molecule has 1 unspecified atom stereocenters. The van der Waals surface area contributed by atoms with Crippen LogP contribution in [-0.4, -0.2) is 14.4 Å². The molecule has 0 spiro atoms. The fourth-order valence-corrected chi connectivity index (χ4v) is 3.91. The molecule has 0 aliphatic rings. The normalized spacial score (nSPS) is 13.7. The predicted octanol–water partition coefficient (Wildman–Crippen LogP) is 6.54. The van der Waals surface area contributed by atoms with E-state index in [9.17, 15) is 0 Å². The van der Waals surface area contributed by atoms with E-state index in [2.05, 4.69) is 33.5 Å². The zero-order valence-electron chi connectivity index (χ0n) is 14.3. The minimum absolute atomic E-state index is 0.473. The monoisotopic (exact) mass is 286 g/mol.